The SMILES string of the molecule is FC(F)(F)Oc1ccccc1NC1CCN(c2nc3ccccc3s2)CC1. The number of benzene rings is 2. The van der Waals surface area contributed by atoms with E-state index >= 15 is 0 Å². The second kappa shape index (κ2) is 7.26. The van der Waals surface area contributed by atoms with Crippen molar-refractivity contribution in [1.29, 1.82) is 0 Å². The molecule has 0 saturated carbocycles. The lowest BCUT2D eigenvalue weighted by Crippen LogP contribution is -2.39. The highest BCUT2D eigenvalue weighted by atomic mass is 32.1. The van der Waals surface area contributed by atoms with E-state index in [1.54, 1.807) is 23.5 Å². The summed E-state index contributed by atoms with van der Waals surface area (Å²) < 4.78 is 43.0. The summed E-state index contributed by atoms with van der Waals surface area (Å²) in [5.74, 6) is -0.196. The lowest BCUT2D eigenvalue weighted by molar-refractivity contribution is -0.274. The van der Waals surface area contributed by atoms with Gasteiger partial charge in [-0.15, -0.1) is 13.2 Å². The number of aromatic nitrogens is 1. The van der Waals surface area contributed by atoms with Gasteiger partial charge in [-0.1, -0.05) is 35.6 Å². The van der Waals surface area contributed by atoms with Crippen molar-refractivity contribution in [2.45, 2.75) is 25.2 Å². The Balaban J connectivity index is 1.40. The summed E-state index contributed by atoms with van der Waals surface area (Å²) >= 11 is 1.67. The first kappa shape index (κ1) is 17.9. The number of nitrogens with zero attached hydrogens (tertiary/aromatic N) is 2. The topological polar surface area (TPSA) is 37.4 Å². The van der Waals surface area contributed by atoms with Gasteiger partial charge in [0.2, 0.25) is 0 Å². The Labute approximate surface area is 158 Å². The Hall–Kier alpha value is -2.48. The minimum absolute atomic E-state index is 0.0913. The zero-order chi connectivity index (χ0) is 18.9. The van der Waals surface area contributed by atoms with Crippen molar-refractivity contribution in [3.63, 3.8) is 0 Å². The van der Waals surface area contributed by atoms with Crippen LogP contribution in [0.25, 0.3) is 10.2 Å². The predicted molar refractivity (Wildman–Crippen MR) is 102 cm³/mol. The van der Waals surface area contributed by atoms with Crippen molar-refractivity contribution in [2.24, 2.45) is 0 Å². The first-order valence-corrected chi connectivity index (χ1v) is 9.51. The number of hydrogen-bond donors (Lipinski definition) is 1. The van der Waals surface area contributed by atoms with Crippen LogP contribution < -0.4 is 15.0 Å². The van der Waals surface area contributed by atoms with Gasteiger partial charge in [-0.05, 0) is 37.1 Å². The summed E-state index contributed by atoms with van der Waals surface area (Å²) in [7, 11) is 0. The molecule has 4 nitrogen and oxygen atoms in total. The number of para-hydroxylation sites is 3. The van der Waals surface area contributed by atoms with Crippen LogP contribution in [-0.2, 0) is 0 Å². The monoisotopic (exact) mass is 393 g/mol. The van der Waals surface area contributed by atoms with Crippen LogP contribution in [0.3, 0.4) is 0 Å². The van der Waals surface area contributed by atoms with Crippen LogP contribution in [0.4, 0.5) is 24.0 Å². The van der Waals surface area contributed by atoms with Crippen LogP contribution in [-0.4, -0.2) is 30.5 Å². The van der Waals surface area contributed by atoms with Gasteiger partial charge < -0.3 is 15.0 Å². The molecule has 1 aliphatic heterocycles. The molecule has 0 atom stereocenters. The summed E-state index contributed by atoms with van der Waals surface area (Å²) in [5.41, 5.74) is 1.37. The molecule has 1 N–H and O–H groups in total. The van der Waals surface area contributed by atoms with E-state index in [0.717, 1.165) is 41.3 Å². The third-order valence-corrected chi connectivity index (χ3v) is 5.62. The van der Waals surface area contributed by atoms with E-state index < -0.39 is 6.36 Å². The fraction of sp³-hybridized carbons (Fsp3) is 0.316. The van der Waals surface area contributed by atoms with E-state index in [9.17, 15) is 13.2 Å². The summed E-state index contributed by atoms with van der Waals surface area (Å²) in [4.78, 5) is 6.92. The van der Waals surface area contributed by atoms with E-state index in [2.05, 4.69) is 26.0 Å². The third kappa shape index (κ3) is 4.27. The minimum atomic E-state index is -4.70. The second-order valence-electron chi connectivity index (χ2n) is 6.41. The standard InChI is InChI=1S/C19H18F3N3OS/c20-19(21,22)26-16-7-3-1-5-14(16)23-13-9-11-25(12-10-13)18-24-15-6-2-4-8-17(15)27-18/h1-8,13,23H,9-12H2. The molecule has 2 aromatic carbocycles. The summed E-state index contributed by atoms with van der Waals surface area (Å²) in [6.45, 7) is 1.61. The van der Waals surface area contributed by atoms with Gasteiger partial charge in [0.05, 0.1) is 15.9 Å². The Morgan fingerprint density at radius 2 is 1.74 bits per heavy atom. The third-order valence-electron chi connectivity index (χ3n) is 4.52. The van der Waals surface area contributed by atoms with Crippen molar-refractivity contribution in [3.05, 3.63) is 48.5 Å². The number of rotatable bonds is 4. The molecule has 1 saturated heterocycles. The zero-order valence-corrected chi connectivity index (χ0v) is 15.2. The van der Waals surface area contributed by atoms with Gasteiger partial charge in [-0.25, -0.2) is 4.98 Å². The molecule has 0 amide bonds. The molecule has 142 valence electrons. The van der Waals surface area contributed by atoms with Crippen LogP contribution >= 0.6 is 11.3 Å². The van der Waals surface area contributed by atoms with Crippen molar-refractivity contribution in [2.75, 3.05) is 23.3 Å². The maximum absolute atomic E-state index is 12.6. The Morgan fingerprint density at radius 1 is 1.04 bits per heavy atom. The summed E-state index contributed by atoms with van der Waals surface area (Å²) in [6.07, 6.45) is -3.07. The molecule has 1 fully saturated rings. The highest BCUT2D eigenvalue weighted by Crippen LogP contribution is 2.33. The van der Waals surface area contributed by atoms with Crippen molar-refractivity contribution >= 4 is 32.4 Å². The summed E-state index contributed by atoms with van der Waals surface area (Å²) in [6, 6.07) is 14.3. The molecule has 0 spiro atoms. The second-order valence-corrected chi connectivity index (χ2v) is 7.42. The molecule has 8 heteroatoms. The number of nitrogens with one attached hydrogen (secondary N) is 1. The van der Waals surface area contributed by atoms with E-state index in [0.29, 0.717) is 5.69 Å². The van der Waals surface area contributed by atoms with Gasteiger partial charge in [0.25, 0.3) is 0 Å². The lowest BCUT2D eigenvalue weighted by atomic mass is 10.0. The number of halogens is 3. The van der Waals surface area contributed by atoms with Gasteiger partial charge in [-0.3, -0.25) is 0 Å². The average Bonchev–Trinajstić information content (AvgIpc) is 3.07. The molecule has 2 heterocycles. The fourth-order valence-electron chi connectivity index (χ4n) is 3.23. The van der Waals surface area contributed by atoms with E-state index in [1.807, 2.05) is 18.2 Å². The molecular formula is C19H18F3N3OS. The maximum atomic E-state index is 12.6. The fourth-order valence-corrected chi connectivity index (χ4v) is 4.25. The van der Waals surface area contributed by atoms with E-state index in [-0.39, 0.29) is 11.8 Å². The quantitative estimate of drug-likeness (QED) is 0.655. The van der Waals surface area contributed by atoms with Crippen LogP contribution in [0.15, 0.2) is 48.5 Å². The molecule has 3 aromatic rings. The van der Waals surface area contributed by atoms with E-state index in [1.165, 1.54) is 12.1 Å². The molecular weight excluding hydrogens is 375 g/mol. The largest absolute Gasteiger partial charge is 0.573 e. The highest BCUT2D eigenvalue weighted by molar-refractivity contribution is 7.22. The molecule has 0 bridgehead atoms. The van der Waals surface area contributed by atoms with Crippen molar-refractivity contribution in [3.8, 4) is 5.75 Å². The molecule has 4 rings (SSSR count). The minimum Gasteiger partial charge on any atom is -0.404 e. The summed E-state index contributed by atoms with van der Waals surface area (Å²) in [5, 5.41) is 4.20. The highest BCUT2D eigenvalue weighted by Gasteiger charge is 2.32. The number of fused-ring (bicyclic) bond motifs is 1. The molecule has 27 heavy (non-hydrogen) atoms. The van der Waals surface area contributed by atoms with Gasteiger partial charge in [-0.2, -0.15) is 0 Å². The molecule has 0 radical (unpaired) electrons. The number of hydrogen-bond acceptors (Lipinski definition) is 5. The van der Waals surface area contributed by atoms with Gasteiger partial charge in [0, 0.05) is 19.1 Å². The van der Waals surface area contributed by atoms with Gasteiger partial charge >= 0.3 is 6.36 Å². The van der Waals surface area contributed by atoms with Crippen molar-refractivity contribution < 1.29 is 17.9 Å². The number of thiazole rings is 1. The number of piperidine rings is 1. The van der Waals surface area contributed by atoms with Gasteiger partial charge in [0.15, 0.2) is 10.9 Å². The van der Waals surface area contributed by atoms with Crippen LogP contribution in [0.1, 0.15) is 12.8 Å². The molecule has 0 aliphatic carbocycles. The van der Waals surface area contributed by atoms with Crippen LogP contribution in [0, 0.1) is 0 Å². The average molecular weight is 393 g/mol. The predicted octanol–water partition coefficient (Wildman–Crippen LogP) is 5.28. The van der Waals surface area contributed by atoms with Crippen molar-refractivity contribution in [1.82, 2.24) is 4.98 Å². The van der Waals surface area contributed by atoms with Gasteiger partial charge in [0.1, 0.15) is 0 Å². The molecule has 1 aliphatic rings. The van der Waals surface area contributed by atoms with Crippen LogP contribution in [0.5, 0.6) is 5.75 Å². The lowest BCUT2D eigenvalue weighted by Gasteiger charge is -2.33. The Morgan fingerprint density at radius 3 is 2.48 bits per heavy atom. The number of ether oxygens (including phenoxy) is 1. The smallest absolute Gasteiger partial charge is 0.404 e. The zero-order valence-electron chi connectivity index (χ0n) is 14.4. The maximum Gasteiger partial charge on any atom is 0.573 e. The molecule has 0 unspecified atom stereocenters. The first-order valence-electron chi connectivity index (χ1n) is 8.70. The molecule has 1 aromatic heterocycles. The van der Waals surface area contributed by atoms with Crippen LogP contribution in [0.2, 0.25) is 0 Å². The number of anilines is 2. The number of alkyl halides is 3. The first-order chi connectivity index (χ1) is 13.0. The van der Waals surface area contributed by atoms with E-state index in [4.69, 9.17) is 0 Å². The Kier molecular flexibility index (Phi) is 4.82. The normalized spacial score (nSPS) is 15.9. The Bertz CT molecular complexity index is 887.